The number of hydrogen-bond acceptors (Lipinski definition) is 4. The molecule has 0 saturated carbocycles. The third-order valence-electron chi connectivity index (χ3n) is 3.44. The monoisotopic (exact) mass is 382 g/mol. The summed E-state index contributed by atoms with van der Waals surface area (Å²) in [6.45, 7) is 8.04. The Bertz CT molecular complexity index is 590. The number of amides is 2. The van der Waals surface area contributed by atoms with Crippen molar-refractivity contribution < 1.29 is 19.1 Å². The van der Waals surface area contributed by atoms with Gasteiger partial charge in [0.2, 0.25) is 5.91 Å². The van der Waals surface area contributed by atoms with E-state index < -0.39 is 0 Å². The maximum atomic E-state index is 11.7. The summed E-state index contributed by atoms with van der Waals surface area (Å²) in [5.41, 5.74) is 0.528. The molecule has 1 unspecified atom stereocenters. The highest BCUT2D eigenvalue weighted by atomic mass is 35.5. The minimum absolute atomic E-state index is 0.00147. The van der Waals surface area contributed by atoms with E-state index in [-0.39, 0.29) is 31.1 Å². The van der Waals surface area contributed by atoms with Gasteiger partial charge in [-0.3, -0.25) is 9.59 Å². The van der Waals surface area contributed by atoms with E-state index in [4.69, 9.17) is 21.1 Å². The first-order chi connectivity index (χ1) is 12.4. The molecule has 0 aliphatic heterocycles. The molecular weight excluding hydrogens is 356 g/mol. The molecule has 0 radical (unpaired) electrons. The fourth-order valence-corrected chi connectivity index (χ4v) is 2.21. The summed E-state index contributed by atoms with van der Waals surface area (Å²) in [6.07, 6.45) is 2.41. The largest absolute Gasteiger partial charge is 0.484 e. The van der Waals surface area contributed by atoms with Gasteiger partial charge in [0.25, 0.3) is 5.91 Å². The molecule has 26 heavy (non-hydrogen) atoms. The lowest BCUT2D eigenvalue weighted by Crippen LogP contribution is -2.32. The van der Waals surface area contributed by atoms with Crippen LogP contribution in [-0.4, -0.2) is 37.7 Å². The van der Waals surface area contributed by atoms with Gasteiger partial charge < -0.3 is 20.1 Å². The van der Waals surface area contributed by atoms with E-state index in [0.717, 1.165) is 12.8 Å². The van der Waals surface area contributed by atoms with Gasteiger partial charge in [-0.2, -0.15) is 0 Å². The van der Waals surface area contributed by atoms with Gasteiger partial charge in [0.15, 0.2) is 6.61 Å². The van der Waals surface area contributed by atoms with Gasteiger partial charge >= 0.3 is 0 Å². The van der Waals surface area contributed by atoms with Gasteiger partial charge in [-0.05, 0) is 37.6 Å². The molecule has 1 aromatic carbocycles. The van der Waals surface area contributed by atoms with Crippen LogP contribution in [0.2, 0.25) is 5.02 Å². The molecular formula is C19H27ClN2O4. The summed E-state index contributed by atoms with van der Waals surface area (Å²) in [7, 11) is 0. The maximum absolute atomic E-state index is 11.7. The van der Waals surface area contributed by atoms with Crippen molar-refractivity contribution >= 4 is 23.4 Å². The van der Waals surface area contributed by atoms with Crippen LogP contribution in [-0.2, 0) is 14.3 Å². The van der Waals surface area contributed by atoms with Crippen LogP contribution in [0, 0.1) is 0 Å². The Morgan fingerprint density at radius 1 is 1.19 bits per heavy atom. The predicted octanol–water partition coefficient (Wildman–Crippen LogP) is 3.06. The van der Waals surface area contributed by atoms with Crippen LogP contribution in [0.5, 0.6) is 5.75 Å². The van der Waals surface area contributed by atoms with E-state index in [0.29, 0.717) is 29.4 Å². The van der Waals surface area contributed by atoms with Crippen LogP contribution in [0.25, 0.3) is 0 Å². The van der Waals surface area contributed by atoms with E-state index in [1.54, 1.807) is 24.3 Å². The Balaban J connectivity index is 2.13. The molecule has 0 bridgehead atoms. The van der Waals surface area contributed by atoms with Crippen LogP contribution < -0.4 is 15.4 Å². The average Bonchev–Trinajstić information content (AvgIpc) is 2.60. The van der Waals surface area contributed by atoms with E-state index >= 15 is 0 Å². The fourth-order valence-electron chi connectivity index (χ4n) is 2.09. The molecule has 0 aromatic heterocycles. The summed E-state index contributed by atoms with van der Waals surface area (Å²) < 4.78 is 10.8. The van der Waals surface area contributed by atoms with Crippen molar-refractivity contribution in [1.29, 1.82) is 0 Å². The highest BCUT2D eigenvalue weighted by Gasteiger charge is 2.08. The van der Waals surface area contributed by atoms with Gasteiger partial charge in [0.1, 0.15) is 12.4 Å². The van der Waals surface area contributed by atoms with E-state index in [1.807, 2.05) is 6.92 Å². The smallest absolute Gasteiger partial charge is 0.257 e. The minimum atomic E-state index is -0.254. The number of benzene rings is 1. The third kappa shape index (κ3) is 10.1. The van der Waals surface area contributed by atoms with E-state index in [1.165, 1.54) is 0 Å². The van der Waals surface area contributed by atoms with Gasteiger partial charge in [-0.25, -0.2) is 0 Å². The third-order valence-corrected chi connectivity index (χ3v) is 3.69. The lowest BCUT2D eigenvalue weighted by atomic mass is 10.2. The highest BCUT2D eigenvalue weighted by Crippen LogP contribution is 2.15. The Morgan fingerprint density at radius 2 is 1.88 bits per heavy atom. The molecule has 7 heteroatoms. The van der Waals surface area contributed by atoms with Crippen molar-refractivity contribution in [2.75, 3.05) is 19.8 Å². The van der Waals surface area contributed by atoms with Crippen LogP contribution in [0.1, 0.15) is 33.1 Å². The molecule has 1 atom stereocenters. The number of carbonyl (C=O) groups is 2. The van der Waals surface area contributed by atoms with Crippen LogP contribution >= 0.6 is 11.6 Å². The van der Waals surface area contributed by atoms with Crippen molar-refractivity contribution in [2.24, 2.45) is 0 Å². The number of hydrogen-bond donors (Lipinski definition) is 2. The van der Waals surface area contributed by atoms with Crippen molar-refractivity contribution in [3.63, 3.8) is 0 Å². The number of nitrogens with one attached hydrogen (secondary N) is 2. The molecule has 0 spiro atoms. The second-order valence-electron chi connectivity index (χ2n) is 5.90. The molecule has 6 nitrogen and oxygen atoms in total. The summed E-state index contributed by atoms with van der Waals surface area (Å²) in [6, 6.07) is 6.76. The number of halogens is 1. The quantitative estimate of drug-likeness (QED) is 0.582. The van der Waals surface area contributed by atoms with Gasteiger partial charge in [-0.15, -0.1) is 0 Å². The number of carbonyl (C=O) groups excluding carboxylic acids is 2. The van der Waals surface area contributed by atoms with E-state index in [9.17, 15) is 9.59 Å². The first-order valence-electron chi connectivity index (χ1n) is 8.65. The fraction of sp³-hybridized carbons (Fsp3) is 0.474. The molecule has 144 valence electrons. The van der Waals surface area contributed by atoms with Crippen LogP contribution in [0.4, 0.5) is 0 Å². The maximum Gasteiger partial charge on any atom is 0.257 e. The molecule has 0 aliphatic carbocycles. The average molecular weight is 383 g/mol. The van der Waals surface area contributed by atoms with Crippen molar-refractivity contribution in [2.45, 2.75) is 39.2 Å². The first kappa shape index (κ1) is 22.0. The Hall–Kier alpha value is -2.05. The summed E-state index contributed by atoms with van der Waals surface area (Å²) >= 11 is 5.78. The van der Waals surface area contributed by atoms with E-state index in [2.05, 4.69) is 24.1 Å². The lowest BCUT2D eigenvalue weighted by molar-refractivity contribution is -0.126. The summed E-state index contributed by atoms with van der Waals surface area (Å²) in [5.74, 6) is 0.0738. The first-order valence-corrected chi connectivity index (χ1v) is 9.02. The Kier molecular flexibility index (Phi) is 10.4. The van der Waals surface area contributed by atoms with Crippen LogP contribution in [0.15, 0.2) is 36.5 Å². The zero-order valence-electron chi connectivity index (χ0n) is 15.3. The second-order valence-corrected chi connectivity index (χ2v) is 6.34. The van der Waals surface area contributed by atoms with Crippen molar-refractivity contribution in [3.8, 4) is 5.75 Å². The number of rotatable bonds is 12. The second kappa shape index (κ2) is 12.3. The zero-order valence-corrected chi connectivity index (χ0v) is 16.1. The predicted molar refractivity (Wildman–Crippen MR) is 102 cm³/mol. The zero-order chi connectivity index (χ0) is 19.4. The SMILES string of the molecule is C=C(CCNC(=O)COc1ccc(Cl)cc1)NC(=O)COC(C)CCC. The molecule has 1 rings (SSSR count). The molecule has 2 N–H and O–H groups in total. The van der Waals surface area contributed by atoms with Crippen LogP contribution in [0.3, 0.4) is 0 Å². The van der Waals surface area contributed by atoms with Gasteiger partial charge in [0, 0.05) is 23.7 Å². The van der Waals surface area contributed by atoms with Crippen molar-refractivity contribution in [1.82, 2.24) is 10.6 Å². The topological polar surface area (TPSA) is 76.7 Å². The molecule has 0 heterocycles. The number of ether oxygens (including phenoxy) is 2. The summed E-state index contributed by atoms with van der Waals surface area (Å²) in [5, 5.41) is 5.97. The molecule has 0 saturated heterocycles. The Morgan fingerprint density at radius 3 is 2.54 bits per heavy atom. The van der Waals surface area contributed by atoms with Crippen molar-refractivity contribution in [3.05, 3.63) is 41.6 Å². The van der Waals surface area contributed by atoms with Gasteiger partial charge in [0.05, 0.1) is 6.10 Å². The molecule has 2 amide bonds. The summed E-state index contributed by atoms with van der Waals surface area (Å²) in [4.78, 5) is 23.5. The minimum Gasteiger partial charge on any atom is -0.484 e. The standard InChI is InChI=1S/C19H27ClN2O4/c1-4-5-15(3)25-13-19(24)22-14(2)10-11-21-18(23)12-26-17-8-6-16(20)7-9-17/h6-9,15H,2,4-5,10-13H2,1,3H3,(H,21,23)(H,22,24). The highest BCUT2D eigenvalue weighted by molar-refractivity contribution is 6.30. The molecule has 1 aromatic rings. The molecule has 0 fully saturated rings. The normalized spacial score (nSPS) is 11.5. The lowest BCUT2D eigenvalue weighted by Gasteiger charge is -2.13. The Labute approximate surface area is 159 Å². The van der Waals surface area contributed by atoms with Gasteiger partial charge in [-0.1, -0.05) is 31.5 Å². The molecule has 0 aliphatic rings.